The number of nitrogens with zero attached hydrogens (tertiary/aromatic N) is 1. The first-order chi connectivity index (χ1) is 9.61. The number of nitrogens with two attached hydrogens (primary N) is 1. The maximum absolute atomic E-state index is 13.3. The number of amides is 1. The lowest BCUT2D eigenvalue weighted by Gasteiger charge is -2.25. The summed E-state index contributed by atoms with van der Waals surface area (Å²) in [7, 11) is -3.90. The molecular formula is C13H16FN2O3S2. The first-order valence-electron chi connectivity index (χ1n) is 6.19. The van der Waals surface area contributed by atoms with Gasteiger partial charge in [-0.05, 0) is 19.1 Å². The van der Waals surface area contributed by atoms with Crippen molar-refractivity contribution in [1.82, 2.24) is 0 Å². The van der Waals surface area contributed by atoms with E-state index in [9.17, 15) is 17.6 Å². The number of benzene rings is 1. The van der Waals surface area contributed by atoms with Gasteiger partial charge in [0.25, 0.3) is 0 Å². The van der Waals surface area contributed by atoms with Crippen molar-refractivity contribution in [3.63, 3.8) is 0 Å². The number of sulfonamides is 1. The van der Waals surface area contributed by atoms with E-state index >= 15 is 0 Å². The molecule has 0 atom stereocenters. The summed E-state index contributed by atoms with van der Waals surface area (Å²) >= 11 is 4.80. The second-order valence-corrected chi connectivity index (χ2v) is 7.15. The molecule has 0 aliphatic rings. The van der Waals surface area contributed by atoms with E-state index in [0.717, 1.165) is 12.1 Å². The summed E-state index contributed by atoms with van der Waals surface area (Å²) in [5.41, 5.74) is 5.40. The van der Waals surface area contributed by atoms with Crippen LogP contribution in [0.4, 0.5) is 10.1 Å². The maximum atomic E-state index is 13.3. The number of hydrogen-bond donors (Lipinski definition) is 1. The van der Waals surface area contributed by atoms with E-state index in [4.69, 9.17) is 18.0 Å². The number of hydrogen-bond acceptors (Lipinski definition) is 4. The highest BCUT2D eigenvalue weighted by molar-refractivity contribution is 7.93. The van der Waals surface area contributed by atoms with Crippen LogP contribution < -0.4 is 10.0 Å². The van der Waals surface area contributed by atoms with Gasteiger partial charge in [-0.25, -0.2) is 17.1 Å². The van der Waals surface area contributed by atoms with Gasteiger partial charge in [0, 0.05) is 17.5 Å². The zero-order valence-electron chi connectivity index (χ0n) is 11.9. The summed E-state index contributed by atoms with van der Waals surface area (Å²) in [5, 5.41) is 0. The molecule has 5 nitrogen and oxygen atoms in total. The fourth-order valence-electron chi connectivity index (χ4n) is 1.59. The molecule has 0 aliphatic carbocycles. The van der Waals surface area contributed by atoms with E-state index in [0.29, 0.717) is 4.31 Å². The van der Waals surface area contributed by atoms with Crippen molar-refractivity contribution >= 4 is 38.8 Å². The van der Waals surface area contributed by atoms with Gasteiger partial charge in [0.1, 0.15) is 10.8 Å². The fraction of sp³-hybridized carbons (Fsp3) is 0.385. The first kappa shape index (κ1) is 17.5. The standard InChI is InChI=1S/C13H16FN2O3S2/c1-4-21(18,19)16(13(17)8(2)3)11-6-5-9(14)7-10(11)12(15)20/h6-8H,4H2,1-3H3,(H2,15,20). The normalized spacial score (nSPS) is 11.5. The van der Waals surface area contributed by atoms with Crippen molar-refractivity contribution in [2.75, 3.05) is 10.1 Å². The third-order valence-electron chi connectivity index (χ3n) is 2.72. The smallest absolute Gasteiger partial charge is 0.243 e. The highest BCUT2D eigenvalue weighted by atomic mass is 32.2. The van der Waals surface area contributed by atoms with E-state index in [2.05, 4.69) is 6.07 Å². The van der Waals surface area contributed by atoms with Gasteiger partial charge < -0.3 is 5.73 Å². The van der Waals surface area contributed by atoms with E-state index in [1.54, 1.807) is 13.8 Å². The lowest BCUT2D eigenvalue weighted by molar-refractivity contribution is -0.120. The fourth-order valence-corrected chi connectivity index (χ4v) is 2.95. The minimum Gasteiger partial charge on any atom is -0.389 e. The Balaban J connectivity index is 3.62. The minimum absolute atomic E-state index is 0.0210. The van der Waals surface area contributed by atoms with Gasteiger partial charge in [-0.1, -0.05) is 26.1 Å². The van der Waals surface area contributed by atoms with E-state index < -0.39 is 27.7 Å². The van der Waals surface area contributed by atoms with Gasteiger partial charge in [-0.15, -0.1) is 0 Å². The molecule has 0 aromatic heterocycles. The molecule has 1 aromatic rings. The number of anilines is 1. The van der Waals surface area contributed by atoms with E-state index in [1.807, 2.05) is 0 Å². The van der Waals surface area contributed by atoms with Crippen molar-refractivity contribution in [2.45, 2.75) is 20.8 Å². The molecule has 1 rings (SSSR count). The Labute approximate surface area is 129 Å². The molecule has 2 N–H and O–H groups in total. The Morgan fingerprint density at radius 3 is 2.52 bits per heavy atom. The lowest BCUT2D eigenvalue weighted by Crippen LogP contribution is -2.41. The number of thiocarbonyl (C=S) groups is 1. The molecule has 21 heavy (non-hydrogen) atoms. The molecular weight excluding hydrogens is 315 g/mol. The second-order valence-electron chi connectivity index (χ2n) is 4.60. The van der Waals surface area contributed by atoms with Crippen LogP contribution in [0, 0.1) is 17.8 Å². The van der Waals surface area contributed by atoms with Gasteiger partial charge in [-0.2, -0.15) is 0 Å². The predicted octanol–water partition coefficient (Wildman–Crippen LogP) is 1.60. The average Bonchev–Trinajstić information content (AvgIpc) is 2.39. The van der Waals surface area contributed by atoms with Gasteiger partial charge in [0.15, 0.2) is 0 Å². The van der Waals surface area contributed by atoms with Crippen molar-refractivity contribution in [1.29, 1.82) is 0 Å². The van der Waals surface area contributed by atoms with Gasteiger partial charge in [0.05, 0.1) is 11.4 Å². The highest BCUT2D eigenvalue weighted by Crippen LogP contribution is 2.26. The van der Waals surface area contributed by atoms with Gasteiger partial charge in [0.2, 0.25) is 15.9 Å². The molecule has 0 saturated carbocycles. The highest BCUT2D eigenvalue weighted by Gasteiger charge is 2.31. The van der Waals surface area contributed by atoms with Crippen LogP contribution in [0.15, 0.2) is 12.1 Å². The number of carbonyl (C=O) groups excluding carboxylic acids is 1. The topological polar surface area (TPSA) is 80.5 Å². The Hall–Kier alpha value is -1.54. The van der Waals surface area contributed by atoms with Crippen LogP contribution in [0.25, 0.3) is 0 Å². The van der Waals surface area contributed by atoms with Crippen LogP contribution >= 0.6 is 12.2 Å². The van der Waals surface area contributed by atoms with Gasteiger partial charge in [-0.3, -0.25) is 4.79 Å². The molecule has 1 radical (unpaired) electrons. The summed E-state index contributed by atoms with van der Waals surface area (Å²) in [6.07, 6.45) is 0. The number of halogens is 1. The van der Waals surface area contributed by atoms with Crippen LogP contribution in [0.2, 0.25) is 0 Å². The summed E-state index contributed by atoms with van der Waals surface area (Å²) in [6.45, 7) is 4.53. The zero-order valence-corrected chi connectivity index (χ0v) is 13.5. The van der Waals surface area contributed by atoms with Crippen molar-refractivity contribution in [3.05, 3.63) is 29.6 Å². The summed E-state index contributed by atoms with van der Waals surface area (Å²) < 4.78 is 38.4. The molecule has 0 spiro atoms. The molecule has 1 amide bonds. The minimum atomic E-state index is -3.90. The number of carbonyl (C=O) groups is 1. The molecule has 0 bridgehead atoms. The summed E-state index contributed by atoms with van der Waals surface area (Å²) in [4.78, 5) is 12.1. The number of rotatable bonds is 5. The Kier molecular flexibility index (Phi) is 5.41. The van der Waals surface area contributed by atoms with Crippen LogP contribution in [-0.4, -0.2) is 25.1 Å². The zero-order chi connectivity index (χ0) is 16.4. The van der Waals surface area contributed by atoms with E-state index in [1.165, 1.54) is 6.92 Å². The quantitative estimate of drug-likeness (QED) is 0.829. The predicted molar refractivity (Wildman–Crippen MR) is 82.9 cm³/mol. The van der Waals surface area contributed by atoms with Crippen molar-refractivity contribution < 1.29 is 17.6 Å². The molecule has 0 saturated heterocycles. The third-order valence-corrected chi connectivity index (χ3v) is 4.60. The maximum Gasteiger partial charge on any atom is 0.243 e. The van der Waals surface area contributed by atoms with Crippen LogP contribution in [-0.2, 0) is 14.8 Å². The molecule has 0 unspecified atom stereocenters. The summed E-state index contributed by atoms with van der Waals surface area (Å²) in [6, 6.07) is 4.25. The second kappa shape index (κ2) is 6.48. The van der Waals surface area contributed by atoms with E-state index in [-0.39, 0.29) is 22.0 Å². The van der Waals surface area contributed by atoms with Crippen LogP contribution in [0.3, 0.4) is 0 Å². The van der Waals surface area contributed by atoms with Crippen LogP contribution in [0.1, 0.15) is 26.3 Å². The monoisotopic (exact) mass is 331 g/mol. The molecule has 8 heteroatoms. The Morgan fingerprint density at radius 1 is 1.52 bits per heavy atom. The SMILES string of the molecule is CCS(=O)(=O)N(C(=O)C(C)C)c1c[c]c(F)cc1C(N)=S. The molecule has 0 aliphatic heterocycles. The van der Waals surface area contributed by atoms with Crippen molar-refractivity contribution in [3.8, 4) is 0 Å². The molecule has 0 heterocycles. The first-order valence-corrected chi connectivity index (χ1v) is 8.21. The molecule has 115 valence electrons. The van der Waals surface area contributed by atoms with Gasteiger partial charge >= 0.3 is 0 Å². The lowest BCUT2D eigenvalue weighted by atomic mass is 10.1. The Bertz CT molecular complexity index is 672. The largest absolute Gasteiger partial charge is 0.389 e. The van der Waals surface area contributed by atoms with Crippen molar-refractivity contribution in [2.24, 2.45) is 11.7 Å². The average molecular weight is 331 g/mol. The summed E-state index contributed by atoms with van der Waals surface area (Å²) in [5.74, 6) is -2.25. The van der Waals surface area contributed by atoms with Crippen LogP contribution in [0.5, 0.6) is 0 Å². The third kappa shape index (κ3) is 3.76. The molecule has 0 fully saturated rings. The molecule has 1 aromatic carbocycles. The Morgan fingerprint density at radius 2 is 2.10 bits per heavy atom.